The zero-order valence-electron chi connectivity index (χ0n) is 16.9. The largest absolute Gasteiger partial charge is 0.357 e. The van der Waals surface area contributed by atoms with Crippen LogP contribution in [0.15, 0.2) is 4.99 Å². The normalized spacial score (nSPS) is 20.2. The standard InChI is InChI=1S/C20H39N5O/c1-3-21-20(22-11-7-10-19-8-5-4-6-9-19)23-12-13-24-14-16-25(17-15-24)18(2)26/h19H,3-17H2,1-2H3,(H2,21,22,23). The molecule has 6 nitrogen and oxygen atoms in total. The van der Waals surface area contributed by atoms with Crippen LogP contribution in [-0.2, 0) is 4.79 Å². The zero-order chi connectivity index (χ0) is 18.6. The first kappa shape index (κ1) is 21.0. The first-order chi connectivity index (χ1) is 12.7. The van der Waals surface area contributed by atoms with Crippen molar-refractivity contribution in [3.05, 3.63) is 0 Å². The van der Waals surface area contributed by atoms with E-state index in [1.807, 2.05) is 4.90 Å². The number of piperazine rings is 1. The van der Waals surface area contributed by atoms with Gasteiger partial charge in [-0.2, -0.15) is 0 Å². The van der Waals surface area contributed by atoms with Crippen LogP contribution in [0.5, 0.6) is 0 Å². The third kappa shape index (κ3) is 7.94. The van der Waals surface area contributed by atoms with Gasteiger partial charge in [0.05, 0.1) is 0 Å². The Morgan fingerprint density at radius 1 is 1.08 bits per heavy atom. The fourth-order valence-electron chi connectivity index (χ4n) is 4.01. The number of rotatable bonds is 8. The zero-order valence-corrected chi connectivity index (χ0v) is 16.9. The monoisotopic (exact) mass is 365 g/mol. The summed E-state index contributed by atoms with van der Waals surface area (Å²) < 4.78 is 0. The molecule has 0 aromatic carbocycles. The number of aliphatic imine (C=N–C) groups is 1. The van der Waals surface area contributed by atoms with Gasteiger partial charge in [-0.3, -0.25) is 14.7 Å². The molecule has 150 valence electrons. The van der Waals surface area contributed by atoms with Crippen LogP contribution in [0.3, 0.4) is 0 Å². The van der Waals surface area contributed by atoms with Gasteiger partial charge in [0.25, 0.3) is 0 Å². The lowest BCUT2D eigenvalue weighted by Crippen LogP contribution is -2.50. The Hall–Kier alpha value is -1.30. The maximum Gasteiger partial charge on any atom is 0.219 e. The van der Waals surface area contributed by atoms with E-state index in [2.05, 4.69) is 22.5 Å². The molecule has 0 atom stereocenters. The average Bonchev–Trinajstić information content (AvgIpc) is 2.66. The number of amides is 1. The van der Waals surface area contributed by atoms with Crippen molar-refractivity contribution in [2.45, 2.75) is 58.8 Å². The summed E-state index contributed by atoms with van der Waals surface area (Å²) in [7, 11) is 0. The van der Waals surface area contributed by atoms with Crippen LogP contribution in [-0.4, -0.2) is 74.0 Å². The van der Waals surface area contributed by atoms with Crippen molar-refractivity contribution in [2.75, 3.05) is 52.4 Å². The molecule has 0 aromatic heterocycles. The summed E-state index contributed by atoms with van der Waals surface area (Å²) in [5, 5.41) is 6.81. The summed E-state index contributed by atoms with van der Waals surface area (Å²) in [6, 6.07) is 0. The smallest absolute Gasteiger partial charge is 0.219 e. The van der Waals surface area contributed by atoms with Gasteiger partial charge in [0.15, 0.2) is 5.96 Å². The summed E-state index contributed by atoms with van der Waals surface area (Å²) in [5.41, 5.74) is 0. The third-order valence-corrected chi connectivity index (χ3v) is 5.65. The summed E-state index contributed by atoms with van der Waals surface area (Å²) in [5.74, 6) is 2.08. The maximum atomic E-state index is 11.4. The number of guanidine groups is 1. The van der Waals surface area contributed by atoms with E-state index in [1.165, 1.54) is 44.9 Å². The maximum absolute atomic E-state index is 11.4. The second kappa shape index (κ2) is 12.2. The molecule has 1 aliphatic heterocycles. The van der Waals surface area contributed by atoms with Gasteiger partial charge >= 0.3 is 0 Å². The molecule has 1 saturated heterocycles. The van der Waals surface area contributed by atoms with E-state index in [-0.39, 0.29) is 5.91 Å². The second-order valence-corrected chi connectivity index (χ2v) is 7.68. The predicted octanol–water partition coefficient (Wildman–Crippen LogP) is 2.07. The number of hydrogen-bond acceptors (Lipinski definition) is 3. The summed E-state index contributed by atoms with van der Waals surface area (Å²) >= 11 is 0. The number of carbonyl (C=O) groups excluding carboxylic acids is 1. The molecular formula is C20H39N5O. The lowest BCUT2D eigenvalue weighted by atomic mass is 9.86. The lowest BCUT2D eigenvalue weighted by molar-refractivity contribution is -0.130. The molecule has 0 bridgehead atoms. The second-order valence-electron chi connectivity index (χ2n) is 7.68. The van der Waals surface area contributed by atoms with Gasteiger partial charge in [-0.05, 0) is 25.7 Å². The van der Waals surface area contributed by atoms with E-state index in [0.29, 0.717) is 0 Å². The van der Waals surface area contributed by atoms with E-state index in [1.54, 1.807) is 6.92 Å². The molecule has 0 spiro atoms. The molecule has 0 unspecified atom stereocenters. The Balaban J connectivity index is 1.60. The molecule has 2 N–H and O–H groups in total. The van der Waals surface area contributed by atoms with Gasteiger partial charge in [-0.15, -0.1) is 0 Å². The molecule has 26 heavy (non-hydrogen) atoms. The minimum absolute atomic E-state index is 0.192. The van der Waals surface area contributed by atoms with Crippen molar-refractivity contribution in [3.8, 4) is 0 Å². The van der Waals surface area contributed by atoms with Crippen molar-refractivity contribution >= 4 is 11.9 Å². The minimum Gasteiger partial charge on any atom is -0.357 e. The number of nitrogens with one attached hydrogen (secondary N) is 2. The number of hydrogen-bond donors (Lipinski definition) is 2. The first-order valence-corrected chi connectivity index (χ1v) is 10.7. The lowest BCUT2D eigenvalue weighted by Gasteiger charge is -2.34. The van der Waals surface area contributed by atoms with Crippen LogP contribution in [0, 0.1) is 5.92 Å². The summed E-state index contributed by atoms with van der Waals surface area (Å²) in [6.07, 6.45) is 9.69. The van der Waals surface area contributed by atoms with Crippen LogP contribution in [0.1, 0.15) is 58.8 Å². The Morgan fingerprint density at radius 3 is 2.46 bits per heavy atom. The van der Waals surface area contributed by atoms with Crippen LogP contribution in [0.4, 0.5) is 0 Å². The Labute approximate surface area is 159 Å². The van der Waals surface area contributed by atoms with E-state index in [9.17, 15) is 4.79 Å². The minimum atomic E-state index is 0.192. The van der Waals surface area contributed by atoms with Crippen LogP contribution in [0.2, 0.25) is 0 Å². The van der Waals surface area contributed by atoms with Crippen molar-refractivity contribution in [2.24, 2.45) is 10.9 Å². The molecule has 0 radical (unpaired) electrons. The highest BCUT2D eigenvalue weighted by Gasteiger charge is 2.18. The quantitative estimate of drug-likeness (QED) is 0.393. The fourth-order valence-corrected chi connectivity index (χ4v) is 4.01. The van der Waals surface area contributed by atoms with Crippen LogP contribution >= 0.6 is 0 Å². The molecule has 1 saturated carbocycles. The molecule has 1 aliphatic carbocycles. The Bertz CT molecular complexity index is 426. The highest BCUT2D eigenvalue weighted by atomic mass is 16.2. The molecule has 2 fully saturated rings. The Kier molecular flexibility index (Phi) is 9.82. The van der Waals surface area contributed by atoms with Crippen molar-refractivity contribution in [1.82, 2.24) is 20.4 Å². The molecule has 1 heterocycles. The van der Waals surface area contributed by atoms with E-state index in [4.69, 9.17) is 4.99 Å². The van der Waals surface area contributed by atoms with Crippen molar-refractivity contribution in [1.29, 1.82) is 0 Å². The molecular weight excluding hydrogens is 326 g/mol. The van der Waals surface area contributed by atoms with Gasteiger partial charge in [0.2, 0.25) is 5.91 Å². The number of nitrogens with zero attached hydrogens (tertiary/aromatic N) is 3. The highest BCUT2D eigenvalue weighted by Crippen LogP contribution is 2.27. The first-order valence-electron chi connectivity index (χ1n) is 10.7. The molecule has 0 aromatic rings. The topological polar surface area (TPSA) is 60.0 Å². The fraction of sp³-hybridized carbons (Fsp3) is 0.900. The molecule has 6 heteroatoms. The third-order valence-electron chi connectivity index (χ3n) is 5.65. The van der Waals surface area contributed by atoms with Gasteiger partial charge in [0.1, 0.15) is 0 Å². The van der Waals surface area contributed by atoms with Gasteiger partial charge in [-0.25, -0.2) is 0 Å². The highest BCUT2D eigenvalue weighted by molar-refractivity contribution is 5.79. The van der Waals surface area contributed by atoms with Crippen molar-refractivity contribution in [3.63, 3.8) is 0 Å². The molecule has 2 aliphatic rings. The predicted molar refractivity (Wildman–Crippen MR) is 108 cm³/mol. The average molecular weight is 366 g/mol. The van der Waals surface area contributed by atoms with E-state index < -0.39 is 0 Å². The number of carbonyl (C=O) groups is 1. The van der Waals surface area contributed by atoms with Gasteiger partial charge in [-0.1, -0.05) is 32.1 Å². The van der Waals surface area contributed by atoms with Gasteiger partial charge < -0.3 is 15.5 Å². The Morgan fingerprint density at radius 2 is 1.81 bits per heavy atom. The van der Waals surface area contributed by atoms with Crippen LogP contribution < -0.4 is 10.6 Å². The van der Waals surface area contributed by atoms with Crippen LogP contribution in [0.25, 0.3) is 0 Å². The summed E-state index contributed by atoms with van der Waals surface area (Å²) in [6.45, 7) is 11.1. The molecule has 1 amide bonds. The SMILES string of the molecule is CCNC(=NCCCC1CCCCC1)NCCN1CCN(C(C)=O)CC1. The van der Waals surface area contributed by atoms with Crippen molar-refractivity contribution < 1.29 is 4.79 Å². The van der Waals surface area contributed by atoms with E-state index >= 15 is 0 Å². The molecule has 2 rings (SSSR count). The van der Waals surface area contributed by atoms with Gasteiger partial charge in [0, 0.05) is 59.3 Å². The van der Waals surface area contributed by atoms with E-state index in [0.717, 1.165) is 64.2 Å². The summed E-state index contributed by atoms with van der Waals surface area (Å²) in [4.78, 5) is 20.5.